The first-order valence-electron chi connectivity index (χ1n) is 6.10. The van der Waals surface area contributed by atoms with Crippen LogP contribution in [0.25, 0.3) is 0 Å². The maximum Gasteiger partial charge on any atom is 0.240 e. The minimum atomic E-state index is -3.48. The predicted molar refractivity (Wildman–Crippen MR) is 71.7 cm³/mol. The minimum Gasteiger partial charge on any atom is -0.392 e. The summed E-state index contributed by atoms with van der Waals surface area (Å²) in [6, 6.07) is 4.80. The lowest BCUT2D eigenvalue weighted by molar-refractivity contribution is 0.280. The molecule has 1 atom stereocenters. The summed E-state index contributed by atoms with van der Waals surface area (Å²) in [5.74, 6) is 0.308. The van der Waals surface area contributed by atoms with Crippen molar-refractivity contribution in [2.24, 2.45) is 5.92 Å². The molecule has 5 heteroatoms. The highest BCUT2D eigenvalue weighted by atomic mass is 32.2. The van der Waals surface area contributed by atoms with Gasteiger partial charge in [0.05, 0.1) is 11.5 Å². The monoisotopic (exact) mass is 271 g/mol. The SMILES string of the molecule is CCC(C)CNS(=O)(=O)c1ccc(C)c(CO)c1. The Morgan fingerprint density at radius 1 is 1.39 bits per heavy atom. The number of hydrogen-bond acceptors (Lipinski definition) is 3. The molecule has 0 saturated heterocycles. The van der Waals surface area contributed by atoms with Gasteiger partial charge in [-0.05, 0) is 36.1 Å². The molecule has 0 saturated carbocycles. The molecular formula is C13H21NO3S. The van der Waals surface area contributed by atoms with Crippen molar-refractivity contribution < 1.29 is 13.5 Å². The molecule has 1 aromatic carbocycles. The van der Waals surface area contributed by atoms with Gasteiger partial charge in [0, 0.05) is 6.54 Å². The summed E-state index contributed by atoms with van der Waals surface area (Å²) in [7, 11) is -3.48. The number of hydrogen-bond donors (Lipinski definition) is 2. The molecule has 0 heterocycles. The average Bonchev–Trinajstić information content (AvgIpc) is 2.36. The van der Waals surface area contributed by atoms with E-state index in [2.05, 4.69) is 4.72 Å². The third-order valence-electron chi connectivity index (χ3n) is 3.12. The standard InChI is InChI=1S/C13H21NO3S/c1-4-10(2)8-14-18(16,17)13-6-5-11(3)12(7-13)9-15/h5-7,10,14-15H,4,8-9H2,1-3H3. The molecule has 0 spiro atoms. The molecule has 0 aliphatic rings. The molecule has 0 bridgehead atoms. The van der Waals surface area contributed by atoms with Crippen LogP contribution in [0.4, 0.5) is 0 Å². The van der Waals surface area contributed by atoms with Crippen LogP contribution in [0.15, 0.2) is 23.1 Å². The number of aliphatic hydroxyl groups excluding tert-OH is 1. The van der Waals surface area contributed by atoms with E-state index < -0.39 is 10.0 Å². The number of aryl methyl sites for hydroxylation is 1. The lowest BCUT2D eigenvalue weighted by Crippen LogP contribution is -2.28. The van der Waals surface area contributed by atoms with E-state index in [0.717, 1.165) is 12.0 Å². The third kappa shape index (κ3) is 3.80. The molecule has 0 aromatic heterocycles. The van der Waals surface area contributed by atoms with Crippen LogP contribution in [0, 0.1) is 12.8 Å². The van der Waals surface area contributed by atoms with Gasteiger partial charge < -0.3 is 5.11 Å². The molecular weight excluding hydrogens is 250 g/mol. The van der Waals surface area contributed by atoms with Gasteiger partial charge in [-0.2, -0.15) is 0 Å². The Hall–Kier alpha value is -0.910. The van der Waals surface area contributed by atoms with Gasteiger partial charge in [0.1, 0.15) is 0 Å². The lowest BCUT2D eigenvalue weighted by atomic mass is 10.1. The second kappa shape index (κ2) is 6.31. The molecule has 102 valence electrons. The normalized spacial score (nSPS) is 13.6. The van der Waals surface area contributed by atoms with Crippen LogP contribution in [0.3, 0.4) is 0 Å². The van der Waals surface area contributed by atoms with Crippen LogP contribution in [-0.2, 0) is 16.6 Å². The Kier molecular flexibility index (Phi) is 5.31. The molecule has 0 amide bonds. The topological polar surface area (TPSA) is 66.4 Å². The first-order valence-corrected chi connectivity index (χ1v) is 7.59. The molecule has 0 radical (unpaired) electrons. The van der Waals surface area contributed by atoms with E-state index in [9.17, 15) is 8.42 Å². The Morgan fingerprint density at radius 3 is 2.61 bits per heavy atom. The third-order valence-corrected chi connectivity index (χ3v) is 4.54. The maximum atomic E-state index is 12.0. The lowest BCUT2D eigenvalue weighted by Gasteiger charge is -2.12. The molecule has 1 rings (SSSR count). The van der Waals surface area contributed by atoms with Crippen LogP contribution < -0.4 is 4.72 Å². The van der Waals surface area contributed by atoms with Crippen molar-refractivity contribution in [2.45, 2.75) is 38.7 Å². The van der Waals surface area contributed by atoms with Gasteiger partial charge in [-0.15, -0.1) is 0 Å². The van der Waals surface area contributed by atoms with Gasteiger partial charge >= 0.3 is 0 Å². The summed E-state index contributed by atoms with van der Waals surface area (Å²) in [6.45, 7) is 6.14. The van der Waals surface area contributed by atoms with E-state index in [0.29, 0.717) is 18.0 Å². The molecule has 2 N–H and O–H groups in total. The van der Waals surface area contributed by atoms with Crippen molar-refractivity contribution in [2.75, 3.05) is 6.54 Å². The van der Waals surface area contributed by atoms with Crippen LogP contribution in [0.5, 0.6) is 0 Å². The molecule has 18 heavy (non-hydrogen) atoms. The molecule has 1 aromatic rings. The quantitative estimate of drug-likeness (QED) is 0.829. The zero-order valence-corrected chi connectivity index (χ0v) is 11.9. The summed E-state index contributed by atoms with van der Waals surface area (Å²) in [6.07, 6.45) is 0.929. The van der Waals surface area contributed by atoms with Gasteiger partial charge in [0.2, 0.25) is 10.0 Å². The molecule has 4 nitrogen and oxygen atoms in total. The van der Waals surface area contributed by atoms with E-state index in [1.807, 2.05) is 20.8 Å². The summed E-state index contributed by atoms with van der Waals surface area (Å²) in [4.78, 5) is 0.209. The first-order chi connectivity index (χ1) is 8.40. The van der Waals surface area contributed by atoms with E-state index in [-0.39, 0.29) is 11.5 Å². The van der Waals surface area contributed by atoms with Gasteiger partial charge in [-0.25, -0.2) is 13.1 Å². The van der Waals surface area contributed by atoms with Crippen molar-refractivity contribution in [3.8, 4) is 0 Å². The van der Waals surface area contributed by atoms with E-state index >= 15 is 0 Å². The van der Waals surface area contributed by atoms with Crippen LogP contribution in [0.2, 0.25) is 0 Å². The fourth-order valence-electron chi connectivity index (χ4n) is 1.46. The Morgan fingerprint density at radius 2 is 2.06 bits per heavy atom. The Bertz CT molecular complexity index is 497. The molecule has 0 fully saturated rings. The number of sulfonamides is 1. The molecule has 0 aliphatic heterocycles. The maximum absolute atomic E-state index is 12.0. The second-order valence-electron chi connectivity index (χ2n) is 4.61. The van der Waals surface area contributed by atoms with Crippen LogP contribution in [0.1, 0.15) is 31.4 Å². The highest BCUT2D eigenvalue weighted by Crippen LogP contribution is 2.15. The van der Waals surface area contributed by atoms with E-state index in [4.69, 9.17) is 5.11 Å². The second-order valence-corrected chi connectivity index (χ2v) is 6.38. The fraction of sp³-hybridized carbons (Fsp3) is 0.538. The van der Waals surface area contributed by atoms with Gasteiger partial charge in [0.25, 0.3) is 0 Å². The van der Waals surface area contributed by atoms with E-state index in [1.165, 1.54) is 6.07 Å². The Balaban J connectivity index is 2.91. The zero-order chi connectivity index (χ0) is 13.8. The highest BCUT2D eigenvalue weighted by Gasteiger charge is 2.15. The largest absolute Gasteiger partial charge is 0.392 e. The highest BCUT2D eigenvalue weighted by molar-refractivity contribution is 7.89. The summed E-state index contributed by atoms with van der Waals surface area (Å²) in [5, 5.41) is 9.15. The zero-order valence-electron chi connectivity index (χ0n) is 11.1. The first kappa shape index (κ1) is 15.1. The molecule has 1 unspecified atom stereocenters. The van der Waals surface area contributed by atoms with Crippen molar-refractivity contribution in [1.29, 1.82) is 0 Å². The van der Waals surface area contributed by atoms with Crippen molar-refractivity contribution in [3.05, 3.63) is 29.3 Å². The summed E-state index contributed by atoms with van der Waals surface area (Å²) < 4.78 is 26.7. The van der Waals surface area contributed by atoms with Gasteiger partial charge in [0.15, 0.2) is 0 Å². The number of nitrogens with one attached hydrogen (secondary N) is 1. The van der Waals surface area contributed by atoms with Crippen LogP contribution in [-0.4, -0.2) is 20.1 Å². The fourth-order valence-corrected chi connectivity index (χ4v) is 2.68. The smallest absolute Gasteiger partial charge is 0.240 e. The van der Waals surface area contributed by atoms with Crippen LogP contribution >= 0.6 is 0 Å². The van der Waals surface area contributed by atoms with Crippen molar-refractivity contribution in [1.82, 2.24) is 4.72 Å². The Labute approximate surface area is 109 Å². The number of rotatable bonds is 6. The number of benzene rings is 1. The van der Waals surface area contributed by atoms with Crippen molar-refractivity contribution in [3.63, 3.8) is 0 Å². The van der Waals surface area contributed by atoms with Crippen molar-refractivity contribution >= 4 is 10.0 Å². The van der Waals surface area contributed by atoms with E-state index in [1.54, 1.807) is 12.1 Å². The minimum absolute atomic E-state index is 0.152. The van der Waals surface area contributed by atoms with Gasteiger partial charge in [-0.1, -0.05) is 26.3 Å². The number of aliphatic hydroxyl groups is 1. The predicted octanol–water partition coefficient (Wildman–Crippen LogP) is 1.81. The molecule has 0 aliphatic carbocycles. The van der Waals surface area contributed by atoms with Gasteiger partial charge in [-0.3, -0.25) is 0 Å². The average molecular weight is 271 g/mol. The summed E-state index contributed by atoms with van der Waals surface area (Å²) in [5.41, 5.74) is 1.53. The summed E-state index contributed by atoms with van der Waals surface area (Å²) >= 11 is 0.